The van der Waals surface area contributed by atoms with Gasteiger partial charge in [-0.1, -0.05) is 157 Å². The van der Waals surface area contributed by atoms with Crippen LogP contribution in [0, 0.1) is 0 Å². The lowest BCUT2D eigenvalue weighted by molar-refractivity contribution is 1.18. The molecular formula is C54H33N3S. The maximum Gasteiger partial charge on any atom is 0.160 e. The second-order valence-corrected chi connectivity index (χ2v) is 14.7. The first-order valence-corrected chi connectivity index (χ1v) is 19.2. The number of rotatable bonds is 5. The average molecular weight is 772 g/mol. The molecule has 0 saturated carbocycles. The molecule has 0 unspecified atom stereocenters. The number of hydrogen-bond acceptors (Lipinski definition) is 3. The van der Waals surface area contributed by atoms with E-state index in [1.807, 2.05) is 97.1 Å². The Morgan fingerprint density at radius 2 is 1.14 bits per heavy atom. The van der Waals surface area contributed by atoms with E-state index in [-0.39, 0.29) is 70.4 Å². The number of nitrogens with zero attached hydrogens (tertiary/aromatic N) is 3. The molecule has 0 aliphatic carbocycles. The molecular weight excluding hydrogens is 723 g/mol. The molecule has 0 amide bonds. The zero-order valence-electron chi connectivity index (χ0n) is 46.1. The topological polar surface area (TPSA) is 30.7 Å². The Balaban J connectivity index is 1.17. The molecule has 3 aromatic heterocycles. The molecule has 0 aliphatic heterocycles. The van der Waals surface area contributed by atoms with Gasteiger partial charge in [0.15, 0.2) is 5.82 Å². The highest BCUT2D eigenvalue weighted by atomic mass is 32.1. The van der Waals surface area contributed by atoms with Crippen LogP contribution in [0.25, 0.3) is 114 Å². The molecule has 3 nitrogen and oxygen atoms in total. The van der Waals surface area contributed by atoms with Gasteiger partial charge in [0.25, 0.3) is 0 Å². The van der Waals surface area contributed by atoms with Crippen molar-refractivity contribution in [2.24, 2.45) is 0 Å². The maximum atomic E-state index is 9.95. The fraction of sp³-hybridized carbons (Fsp3) is 0. The van der Waals surface area contributed by atoms with E-state index in [0.717, 1.165) is 38.0 Å². The van der Waals surface area contributed by atoms with Crippen molar-refractivity contribution in [2.45, 2.75) is 0 Å². The first-order chi connectivity index (χ1) is 35.4. The summed E-state index contributed by atoms with van der Waals surface area (Å²) in [5.41, 5.74) is 3.22. The summed E-state index contributed by atoms with van der Waals surface area (Å²) in [5, 5.41) is 0.217. The van der Waals surface area contributed by atoms with Crippen LogP contribution in [-0.2, 0) is 0 Å². The smallest absolute Gasteiger partial charge is 0.160 e. The van der Waals surface area contributed by atoms with E-state index in [9.17, 15) is 11.0 Å². The summed E-state index contributed by atoms with van der Waals surface area (Å²) < 4.78 is 148. The molecule has 0 saturated heterocycles. The Morgan fingerprint density at radius 1 is 0.448 bits per heavy atom. The van der Waals surface area contributed by atoms with Gasteiger partial charge in [0.2, 0.25) is 0 Å². The van der Waals surface area contributed by atoms with Crippen LogP contribution in [0.1, 0.15) is 21.9 Å². The summed E-state index contributed by atoms with van der Waals surface area (Å²) in [6.45, 7) is 0. The number of para-hydroxylation sites is 1. The van der Waals surface area contributed by atoms with Crippen molar-refractivity contribution in [2.75, 3.05) is 0 Å². The summed E-state index contributed by atoms with van der Waals surface area (Å²) in [4.78, 5) is 10.0. The molecule has 0 bridgehead atoms. The van der Waals surface area contributed by atoms with Crippen LogP contribution in [0.2, 0.25) is 0 Å². The molecule has 0 radical (unpaired) electrons. The second-order valence-electron chi connectivity index (χ2n) is 13.7. The second kappa shape index (κ2) is 13.1. The number of benzene rings is 9. The standard InChI is InChI=1S/C54H33N3S/c1-3-14-34(15-4-1)47-33-48(56-54(55-47)35-16-5-2-6-17-35)42-29-28-41(39-20-9-10-21-40(39)42)44-23-13-25-51-53(44)45-27-26-38(32-52(45)58-51)57-49-24-12-11-22-43(49)46-30-36-18-7-8-19-37(36)31-50(46)57/h1-33H/i7D,8D,11D,12D,13D,18D,19D,22D,23D,24D,25D,26D,27D,30D,31D,32D. The minimum absolute atomic E-state index is 0.0132. The third-order valence-electron chi connectivity index (χ3n) is 10.4. The van der Waals surface area contributed by atoms with Gasteiger partial charge in [0.1, 0.15) is 0 Å². The zero-order chi connectivity index (χ0) is 52.1. The van der Waals surface area contributed by atoms with E-state index in [2.05, 4.69) is 0 Å². The van der Waals surface area contributed by atoms with Gasteiger partial charge in [-0.15, -0.1) is 11.3 Å². The van der Waals surface area contributed by atoms with E-state index >= 15 is 0 Å². The van der Waals surface area contributed by atoms with E-state index in [1.165, 1.54) is 0 Å². The molecule has 270 valence electrons. The van der Waals surface area contributed by atoms with Crippen molar-refractivity contribution >= 4 is 74.9 Å². The Labute approximate surface area is 361 Å². The van der Waals surface area contributed by atoms with Gasteiger partial charge in [-0.05, 0) is 75.0 Å². The molecule has 0 spiro atoms. The Morgan fingerprint density at radius 3 is 1.97 bits per heavy atom. The van der Waals surface area contributed by atoms with Crippen LogP contribution in [0.4, 0.5) is 0 Å². The molecule has 0 atom stereocenters. The lowest BCUT2D eigenvalue weighted by atomic mass is 9.91. The summed E-state index contributed by atoms with van der Waals surface area (Å²) >= 11 is 0.880. The molecule has 12 aromatic rings. The molecule has 58 heavy (non-hydrogen) atoms. The normalized spacial score (nSPS) is 15.7. The van der Waals surface area contributed by atoms with Crippen LogP contribution >= 0.6 is 11.3 Å². The quantitative estimate of drug-likeness (QED) is 0.174. The lowest BCUT2D eigenvalue weighted by Gasteiger charge is -2.14. The summed E-state index contributed by atoms with van der Waals surface area (Å²) in [6.07, 6.45) is 0. The Kier molecular flexibility index (Phi) is 4.67. The van der Waals surface area contributed by atoms with Crippen molar-refractivity contribution in [3.63, 3.8) is 0 Å². The Bertz CT molecular complexity index is 4440. The average Bonchev–Trinajstić information content (AvgIpc) is 4.03. The van der Waals surface area contributed by atoms with E-state index in [4.69, 9.17) is 20.9 Å². The number of hydrogen-bond donors (Lipinski definition) is 0. The monoisotopic (exact) mass is 771 g/mol. The van der Waals surface area contributed by atoms with Crippen molar-refractivity contribution in [3.05, 3.63) is 200 Å². The van der Waals surface area contributed by atoms with Gasteiger partial charge in [0.05, 0.1) is 44.4 Å². The molecule has 3 heterocycles. The number of thiophene rings is 1. The first kappa shape index (κ1) is 20.7. The van der Waals surface area contributed by atoms with E-state index in [0.29, 0.717) is 28.2 Å². The molecule has 12 rings (SSSR count). The predicted molar refractivity (Wildman–Crippen MR) is 246 cm³/mol. The zero-order valence-corrected chi connectivity index (χ0v) is 30.9. The van der Waals surface area contributed by atoms with Crippen LogP contribution in [-0.4, -0.2) is 14.5 Å². The van der Waals surface area contributed by atoms with Crippen molar-refractivity contribution in [1.82, 2.24) is 14.5 Å². The van der Waals surface area contributed by atoms with Crippen molar-refractivity contribution < 1.29 is 21.9 Å². The molecule has 4 heteroatoms. The molecule has 9 aromatic carbocycles. The van der Waals surface area contributed by atoms with E-state index < -0.39 is 90.3 Å². The minimum atomic E-state index is -0.716. The molecule has 0 fully saturated rings. The highest BCUT2D eigenvalue weighted by molar-refractivity contribution is 7.26. The summed E-state index contributed by atoms with van der Waals surface area (Å²) in [7, 11) is 0. The summed E-state index contributed by atoms with van der Waals surface area (Å²) in [5.74, 6) is 0.501. The minimum Gasteiger partial charge on any atom is -0.309 e. The molecule has 0 aliphatic rings. The lowest BCUT2D eigenvalue weighted by Crippen LogP contribution is -1.96. The number of fused-ring (bicyclic) bond motifs is 8. The van der Waals surface area contributed by atoms with Crippen molar-refractivity contribution in [3.8, 4) is 50.7 Å². The van der Waals surface area contributed by atoms with Crippen molar-refractivity contribution in [1.29, 1.82) is 0 Å². The Hall–Kier alpha value is -7.40. The van der Waals surface area contributed by atoms with Gasteiger partial charge in [0, 0.05) is 53.3 Å². The predicted octanol–water partition coefficient (Wildman–Crippen LogP) is 14.9. The van der Waals surface area contributed by atoms with Gasteiger partial charge < -0.3 is 4.57 Å². The summed E-state index contributed by atoms with van der Waals surface area (Å²) in [6, 6.07) is 23.1. The maximum absolute atomic E-state index is 9.95. The van der Waals surface area contributed by atoms with Crippen LogP contribution in [0.5, 0.6) is 0 Å². The van der Waals surface area contributed by atoms with Gasteiger partial charge in [-0.2, -0.15) is 0 Å². The van der Waals surface area contributed by atoms with Crippen LogP contribution in [0.15, 0.2) is 200 Å². The fourth-order valence-electron chi connectivity index (χ4n) is 7.75. The fourth-order valence-corrected chi connectivity index (χ4v) is 8.77. The van der Waals surface area contributed by atoms with Gasteiger partial charge in [-0.3, -0.25) is 0 Å². The third-order valence-corrected chi connectivity index (χ3v) is 11.4. The van der Waals surface area contributed by atoms with Gasteiger partial charge in [-0.25, -0.2) is 9.97 Å². The van der Waals surface area contributed by atoms with Gasteiger partial charge >= 0.3 is 0 Å². The number of aromatic nitrogens is 3. The van der Waals surface area contributed by atoms with Crippen LogP contribution in [0.3, 0.4) is 0 Å². The van der Waals surface area contributed by atoms with E-state index in [1.54, 1.807) is 6.07 Å². The molecule has 0 N–H and O–H groups in total. The highest BCUT2D eigenvalue weighted by Crippen LogP contribution is 2.45. The van der Waals surface area contributed by atoms with Crippen LogP contribution < -0.4 is 0 Å². The SMILES string of the molecule is [2H]c1c([2H])c(-c2ccc(-c3cc(-c4ccccc4)nc(-c4ccccc4)n3)c3ccccc23)c2c(sc3c([2H])c(-n4c5c([2H])c([2H])c([2H])c([2H])c5c5c([2H])c6c([2H])c([2H])c([2H])c([2H])c6c([2H])c54)c([2H])c([2H])c32)c1[2H]. The third kappa shape index (κ3) is 5.19. The highest BCUT2D eigenvalue weighted by Gasteiger charge is 2.19. The first-order valence-electron chi connectivity index (χ1n) is 26.4. The largest absolute Gasteiger partial charge is 0.309 e.